The molecule has 3 aromatic rings. The molecule has 2 aromatic heterocycles. The van der Waals surface area contributed by atoms with E-state index in [0.29, 0.717) is 19.0 Å². The Bertz CT molecular complexity index is 898. The lowest BCUT2D eigenvalue weighted by Crippen LogP contribution is -2.38. The summed E-state index contributed by atoms with van der Waals surface area (Å²) in [6.45, 7) is 5.92. The largest absolute Gasteiger partial charge is 0.444 e. The summed E-state index contributed by atoms with van der Waals surface area (Å²) in [5.41, 5.74) is 1.74. The fourth-order valence-electron chi connectivity index (χ4n) is 2.58. The molecule has 0 amide bonds. The van der Waals surface area contributed by atoms with E-state index in [1.165, 1.54) is 0 Å². The van der Waals surface area contributed by atoms with Crippen LogP contribution in [0.5, 0.6) is 0 Å². The smallest absolute Gasteiger partial charge is 0.226 e. The highest BCUT2D eigenvalue weighted by atomic mass is 16.3. The molecule has 0 aliphatic rings. The minimum Gasteiger partial charge on any atom is -0.444 e. The van der Waals surface area contributed by atoms with Crippen molar-refractivity contribution in [2.75, 3.05) is 6.54 Å². The van der Waals surface area contributed by atoms with Gasteiger partial charge in [-0.25, -0.2) is 9.98 Å². The van der Waals surface area contributed by atoms with Gasteiger partial charge in [0.1, 0.15) is 17.8 Å². The summed E-state index contributed by atoms with van der Waals surface area (Å²) in [7, 11) is 1.95. The van der Waals surface area contributed by atoms with Gasteiger partial charge in [0.2, 0.25) is 5.89 Å². The molecular weight excluding hydrogens is 354 g/mol. The lowest BCUT2D eigenvalue weighted by atomic mass is 10.2. The van der Waals surface area contributed by atoms with E-state index in [2.05, 4.69) is 37.7 Å². The Kier molecular flexibility index (Phi) is 6.78. The number of hydrogen-bond acceptors (Lipinski definition) is 5. The maximum atomic E-state index is 5.59. The molecule has 8 nitrogen and oxygen atoms in total. The third kappa shape index (κ3) is 5.18. The van der Waals surface area contributed by atoms with E-state index < -0.39 is 0 Å². The van der Waals surface area contributed by atoms with Crippen LogP contribution in [0.2, 0.25) is 0 Å². The molecular formula is C20H27N7O. The van der Waals surface area contributed by atoms with Crippen molar-refractivity contribution in [3.05, 3.63) is 53.9 Å². The first-order chi connectivity index (χ1) is 13.7. The zero-order valence-electron chi connectivity index (χ0n) is 16.6. The van der Waals surface area contributed by atoms with E-state index in [1.807, 2.05) is 48.9 Å². The van der Waals surface area contributed by atoms with Crippen molar-refractivity contribution < 1.29 is 4.42 Å². The molecule has 1 aromatic carbocycles. The maximum Gasteiger partial charge on any atom is 0.226 e. The Hall–Kier alpha value is -3.16. The summed E-state index contributed by atoms with van der Waals surface area (Å²) in [6.07, 6.45) is 3.85. The van der Waals surface area contributed by atoms with E-state index in [1.54, 1.807) is 6.26 Å². The van der Waals surface area contributed by atoms with Gasteiger partial charge in [0.15, 0.2) is 11.8 Å². The molecule has 0 bridgehead atoms. The van der Waals surface area contributed by atoms with E-state index in [0.717, 1.165) is 48.3 Å². The van der Waals surface area contributed by atoms with Crippen molar-refractivity contribution in [3.63, 3.8) is 0 Å². The summed E-state index contributed by atoms with van der Waals surface area (Å²) in [6, 6.07) is 9.84. The van der Waals surface area contributed by atoms with Gasteiger partial charge in [0, 0.05) is 19.2 Å². The molecule has 0 unspecified atom stereocenters. The van der Waals surface area contributed by atoms with E-state index in [4.69, 9.17) is 4.42 Å². The van der Waals surface area contributed by atoms with Gasteiger partial charge in [0.05, 0.1) is 13.1 Å². The molecule has 0 saturated heterocycles. The van der Waals surface area contributed by atoms with Gasteiger partial charge < -0.3 is 19.6 Å². The van der Waals surface area contributed by atoms with E-state index in [-0.39, 0.29) is 0 Å². The predicted octanol–water partition coefficient (Wildman–Crippen LogP) is 2.81. The highest BCUT2D eigenvalue weighted by Gasteiger charge is 2.08. The van der Waals surface area contributed by atoms with Gasteiger partial charge in [-0.1, -0.05) is 31.5 Å². The molecule has 0 atom stereocenters. The molecule has 28 heavy (non-hydrogen) atoms. The topological polar surface area (TPSA) is 93.2 Å². The monoisotopic (exact) mass is 381 g/mol. The van der Waals surface area contributed by atoms with Crippen LogP contribution in [0.1, 0.15) is 37.1 Å². The Morgan fingerprint density at radius 1 is 1.18 bits per heavy atom. The van der Waals surface area contributed by atoms with Crippen LogP contribution < -0.4 is 10.6 Å². The standard InChI is InChI=1S/C20H27N7O/c1-4-5-11-21-20(23-13-18-26-25-15(2)27(18)3)22-12-17-14-28-19(24-17)16-9-7-6-8-10-16/h6-10,14H,4-5,11-13H2,1-3H3,(H2,21,22,23). The Morgan fingerprint density at radius 2 is 2.00 bits per heavy atom. The molecule has 0 radical (unpaired) electrons. The molecule has 2 heterocycles. The molecule has 8 heteroatoms. The number of hydrogen-bond donors (Lipinski definition) is 2. The third-order valence-electron chi connectivity index (χ3n) is 4.39. The number of aliphatic imine (C=N–C) groups is 1. The first-order valence-electron chi connectivity index (χ1n) is 9.54. The van der Waals surface area contributed by atoms with Gasteiger partial charge in [-0.15, -0.1) is 10.2 Å². The highest BCUT2D eigenvalue weighted by Crippen LogP contribution is 2.18. The fourth-order valence-corrected chi connectivity index (χ4v) is 2.58. The number of rotatable bonds is 8. The van der Waals surface area contributed by atoms with Crippen LogP contribution in [-0.2, 0) is 20.1 Å². The summed E-state index contributed by atoms with van der Waals surface area (Å²) in [5, 5.41) is 14.9. The van der Waals surface area contributed by atoms with Crippen LogP contribution in [-0.4, -0.2) is 32.3 Å². The normalized spacial score (nSPS) is 11.6. The number of nitrogens with one attached hydrogen (secondary N) is 2. The van der Waals surface area contributed by atoms with Gasteiger partial charge in [-0.05, 0) is 25.5 Å². The van der Waals surface area contributed by atoms with Crippen molar-refractivity contribution in [1.82, 2.24) is 30.4 Å². The summed E-state index contributed by atoms with van der Waals surface area (Å²) < 4.78 is 7.55. The van der Waals surface area contributed by atoms with E-state index >= 15 is 0 Å². The van der Waals surface area contributed by atoms with Gasteiger partial charge >= 0.3 is 0 Å². The predicted molar refractivity (Wildman–Crippen MR) is 109 cm³/mol. The van der Waals surface area contributed by atoms with Gasteiger partial charge in [0.25, 0.3) is 0 Å². The van der Waals surface area contributed by atoms with E-state index in [9.17, 15) is 0 Å². The molecule has 3 rings (SSSR count). The minimum absolute atomic E-state index is 0.426. The summed E-state index contributed by atoms with van der Waals surface area (Å²) in [4.78, 5) is 9.17. The van der Waals surface area contributed by atoms with Crippen LogP contribution in [0.3, 0.4) is 0 Å². The molecule has 0 aliphatic heterocycles. The number of aryl methyl sites for hydroxylation is 1. The van der Waals surface area contributed by atoms with Crippen molar-refractivity contribution in [1.29, 1.82) is 0 Å². The minimum atomic E-state index is 0.426. The lowest BCUT2D eigenvalue weighted by Gasteiger charge is -2.12. The van der Waals surface area contributed by atoms with Crippen LogP contribution in [0.15, 0.2) is 46.0 Å². The van der Waals surface area contributed by atoms with Crippen molar-refractivity contribution in [2.24, 2.45) is 12.0 Å². The van der Waals surface area contributed by atoms with Crippen molar-refractivity contribution in [3.8, 4) is 11.5 Å². The first kappa shape index (κ1) is 19.6. The summed E-state index contributed by atoms with van der Waals surface area (Å²) >= 11 is 0. The average molecular weight is 381 g/mol. The fraction of sp³-hybridized carbons (Fsp3) is 0.400. The van der Waals surface area contributed by atoms with Crippen LogP contribution in [0, 0.1) is 6.92 Å². The van der Waals surface area contributed by atoms with Crippen molar-refractivity contribution in [2.45, 2.75) is 39.8 Å². The molecule has 2 N–H and O–H groups in total. The van der Waals surface area contributed by atoms with Gasteiger partial charge in [-0.3, -0.25) is 0 Å². The zero-order chi connectivity index (χ0) is 19.8. The molecule has 148 valence electrons. The number of nitrogens with zero attached hydrogens (tertiary/aromatic N) is 5. The second-order valence-electron chi connectivity index (χ2n) is 6.53. The molecule has 0 aliphatic carbocycles. The number of unbranched alkanes of at least 4 members (excludes halogenated alkanes) is 1. The Labute approximate surface area is 165 Å². The third-order valence-corrected chi connectivity index (χ3v) is 4.39. The second kappa shape index (κ2) is 9.68. The number of benzene rings is 1. The second-order valence-corrected chi connectivity index (χ2v) is 6.53. The molecule has 0 fully saturated rings. The first-order valence-corrected chi connectivity index (χ1v) is 9.54. The number of aromatic nitrogens is 4. The highest BCUT2D eigenvalue weighted by molar-refractivity contribution is 5.79. The number of guanidine groups is 1. The van der Waals surface area contributed by atoms with Crippen LogP contribution in [0.25, 0.3) is 11.5 Å². The molecule has 0 saturated carbocycles. The Morgan fingerprint density at radius 3 is 2.71 bits per heavy atom. The van der Waals surface area contributed by atoms with Crippen LogP contribution in [0.4, 0.5) is 0 Å². The van der Waals surface area contributed by atoms with Crippen molar-refractivity contribution >= 4 is 5.96 Å². The maximum absolute atomic E-state index is 5.59. The quantitative estimate of drug-likeness (QED) is 0.354. The Balaban J connectivity index is 1.64. The molecule has 0 spiro atoms. The average Bonchev–Trinajstić information content (AvgIpc) is 3.32. The zero-order valence-corrected chi connectivity index (χ0v) is 16.6. The lowest BCUT2D eigenvalue weighted by molar-refractivity contribution is 0.572. The van der Waals surface area contributed by atoms with Crippen LogP contribution >= 0.6 is 0 Å². The van der Waals surface area contributed by atoms with Gasteiger partial charge in [-0.2, -0.15) is 0 Å². The SMILES string of the molecule is CCCCNC(=NCc1coc(-c2ccccc2)n1)NCc1nnc(C)n1C. The summed E-state index contributed by atoms with van der Waals surface area (Å²) in [5.74, 6) is 3.06. The number of oxazole rings is 1.